The summed E-state index contributed by atoms with van der Waals surface area (Å²) in [6.07, 6.45) is 3.22. The Morgan fingerprint density at radius 3 is 2.92 bits per heavy atom. The third-order valence-electron chi connectivity index (χ3n) is 3.68. The van der Waals surface area contributed by atoms with Gasteiger partial charge in [0, 0.05) is 12.4 Å². The summed E-state index contributed by atoms with van der Waals surface area (Å²) in [5, 5.41) is 11.4. The molecule has 3 heterocycles. The zero-order valence-electron chi connectivity index (χ0n) is 13.4. The molecule has 0 aliphatic carbocycles. The maximum Gasteiger partial charge on any atom is 0.338 e. The summed E-state index contributed by atoms with van der Waals surface area (Å²) in [7, 11) is 0. The predicted octanol–water partition coefficient (Wildman–Crippen LogP) is 2.93. The number of ether oxygens (including phenoxy) is 2. The number of carbonyl (C=O) groups excluding carboxylic acids is 1. The number of nitrogens with zero attached hydrogens (tertiary/aromatic N) is 2. The van der Waals surface area contributed by atoms with Crippen LogP contribution in [0.3, 0.4) is 0 Å². The summed E-state index contributed by atoms with van der Waals surface area (Å²) in [6.45, 7) is 1.93. The quantitative estimate of drug-likeness (QED) is 0.849. The van der Waals surface area contributed by atoms with Gasteiger partial charge >= 0.3 is 5.97 Å². The second-order valence-electron chi connectivity index (χ2n) is 5.15. The summed E-state index contributed by atoms with van der Waals surface area (Å²) in [6, 6.07) is 9.26. The maximum absolute atomic E-state index is 12.7. The highest BCUT2D eigenvalue weighted by Crippen LogP contribution is 2.43. The molecule has 0 saturated heterocycles. The van der Waals surface area contributed by atoms with Crippen molar-refractivity contribution in [3.8, 4) is 6.07 Å². The molecule has 3 rings (SSSR count). The van der Waals surface area contributed by atoms with Crippen LogP contribution in [-0.4, -0.2) is 17.6 Å². The van der Waals surface area contributed by atoms with E-state index in [-0.39, 0.29) is 23.6 Å². The SMILES string of the molecule is CCOC(=O)C1=C(c2cccs2)OC(N)=C(C#N)C1c1cccnc1. The normalized spacial score (nSPS) is 17.0. The number of aromatic nitrogens is 1. The highest BCUT2D eigenvalue weighted by molar-refractivity contribution is 7.11. The summed E-state index contributed by atoms with van der Waals surface area (Å²) in [4.78, 5) is 17.5. The molecule has 1 aliphatic heterocycles. The van der Waals surface area contributed by atoms with E-state index in [0.717, 1.165) is 4.88 Å². The van der Waals surface area contributed by atoms with E-state index in [1.54, 1.807) is 31.5 Å². The van der Waals surface area contributed by atoms with Crippen LogP contribution in [0.5, 0.6) is 0 Å². The van der Waals surface area contributed by atoms with E-state index >= 15 is 0 Å². The Labute approximate surface area is 148 Å². The van der Waals surface area contributed by atoms with Crippen LogP contribution >= 0.6 is 11.3 Å². The third kappa shape index (κ3) is 3.12. The van der Waals surface area contributed by atoms with Gasteiger partial charge in [-0.2, -0.15) is 5.26 Å². The molecule has 2 aromatic heterocycles. The van der Waals surface area contributed by atoms with Crippen molar-refractivity contribution < 1.29 is 14.3 Å². The molecule has 0 fully saturated rings. The highest BCUT2D eigenvalue weighted by atomic mass is 32.1. The molecular weight excluding hydrogens is 338 g/mol. The second kappa shape index (κ2) is 7.20. The Kier molecular flexibility index (Phi) is 4.82. The molecule has 6 nitrogen and oxygen atoms in total. The van der Waals surface area contributed by atoms with Crippen molar-refractivity contribution in [2.75, 3.05) is 6.61 Å². The average Bonchev–Trinajstić information content (AvgIpc) is 3.16. The average molecular weight is 353 g/mol. The minimum atomic E-state index is -0.691. The Bertz CT molecular complexity index is 880. The van der Waals surface area contributed by atoms with Crippen LogP contribution in [0.4, 0.5) is 0 Å². The van der Waals surface area contributed by atoms with Crippen LogP contribution in [0, 0.1) is 11.3 Å². The second-order valence-corrected chi connectivity index (χ2v) is 6.10. The van der Waals surface area contributed by atoms with Crippen molar-refractivity contribution in [1.82, 2.24) is 4.98 Å². The van der Waals surface area contributed by atoms with Gasteiger partial charge in [0.15, 0.2) is 5.76 Å². The Hall–Kier alpha value is -3.11. The minimum absolute atomic E-state index is 0.0206. The Morgan fingerprint density at radius 2 is 2.32 bits per heavy atom. The van der Waals surface area contributed by atoms with Crippen molar-refractivity contribution in [2.24, 2.45) is 5.73 Å². The van der Waals surface area contributed by atoms with Gasteiger partial charge in [0.05, 0.1) is 23.0 Å². The highest BCUT2D eigenvalue weighted by Gasteiger charge is 2.38. The lowest BCUT2D eigenvalue weighted by Gasteiger charge is -2.27. The minimum Gasteiger partial charge on any atom is -0.463 e. The van der Waals surface area contributed by atoms with Gasteiger partial charge in [-0.1, -0.05) is 12.1 Å². The molecule has 2 aromatic rings. The van der Waals surface area contributed by atoms with Crippen molar-refractivity contribution in [3.05, 3.63) is 69.5 Å². The van der Waals surface area contributed by atoms with Crippen LogP contribution in [0.15, 0.2) is 59.1 Å². The van der Waals surface area contributed by atoms with E-state index in [9.17, 15) is 10.1 Å². The monoisotopic (exact) mass is 353 g/mol. The molecular formula is C18H15N3O3S. The molecule has 1 atom stereocenters. The molecule has 1 unspecified atom stereocenters. The fourth-order valence-electron chi connectivity index (χ4n) is 2.65. The van der Waals surface area contributed by atoms with E-state index in [0.29, 0.717) is 11.3 Å². The maximum atomic E-state index is 12.7. The number of esters is 1. The fraction of sp³-hybridized carbons (Fsp3) is 0.167. The van der Waals surface area contributed by atoms with Gasteiger partial charge in [0.25, 0.3) is 0 Å². The van der Waals surface area contributed by atoms with Gasteiger partial charge in [-0.3, -0.25) is 4.98 Å². The number of rotatable bonds is 4. The van der Waals surface area contributed by atoms with E-state index < -0.39 is 11.9 Å². The fourth-order valence-corrected chi connectivity index (χ4v) is 3.37. The van der Waals surface area contributed by atoms with Gasteiger partial charge in [-0.15, -0.1) is 11.3 Å². The lowest BCUT2D eigenvalue weighted by atomic mass is 9.83. The topological polar surface area (TPSA) is 98.2 Å². The molecule has 1 aliphatic rings. The Balaban J connectivity index is 2.25. The van der Waals surface area contributed by atoms with Crippen molar-refractivity contribution in [1.29, 1.82) is 5.26 Å². The van der Waals surface area contributed by atoms with Crippen molar-refractivity contribution in [2.45, 2.75) is 12.8 Å². The number of hydrogen-bond acceptors (Lipinski definition) is 7. The summed E-state index contributed by atoms with van der Waals surface area (Å²) in [5.74, 6) is -0.935. The first-order valence-corrected chi connectivity index (χ1v) is 8.48. The number of nitrogens with two attached hydrogens (primary N) is 1. The van der Waals surface area contributed by atoms with Crippen LogP contribution < -0.4 is 5.73 Å². The molecule has 126 valence electrons. The Morgan fingerprint density at radius 1 is 1.48 bits per heavy atom. The molecule has 7 heteroatoms. The van der Waals surface area contributed by atoms with Crippen molar-refractivity contribution >= 4 is 23.1 Å². The van der Waals surface area contributed by atoms with Gasteiger partial charge in [0.2, 0.25) is 5.88 Å². The smallest absolute Gasteiger partial charge is 0.338 e. The van der Waals surface area contributed by atoms with E-state index in [4.69, 9.17) is 15.2 Å². The van der Waals surface area contributed by atoms with Crippen LogP contribution in [0.2, 0.25) is 0 Å². The van der Waals surface area contributed by atoms with Crippen LogP contribution in [0.1, 0.15) is 23.3 Å². The number of thiophene rings is 1. The molecule has 0 radical (unpaired) electrons. The molecule has 25 heavy (non-hydrogen) atoms. The van der Waals surface area contributed by atoms with E-state index in [1.165, 1.54) is 11.3 Å². The van der Waals surface area contributed by atoms with Crippen LogP contribution in [-0.2, 0) is 14.3 Å². The van der Waals surface area contributed by atoms with Gasteiger partial charge < -0.3 is 15.2 Å². The summed E-state index contributed by atoms with van der Waals surface area (Å²) < 4.78 is 10.9. The number of nitriles is 1. The molecule has 0 saturated carbocycles. The van der Waals surface area contributed by atoms with E-state index in [1.807, 2.05) is 17.5 Å². The largest absolute Gasteiger partial charge is 0.463 e. The number of allylic oxidation sites excluding steroid dienone is 1. The van der Waals surface area contributed by atoms with Crippen molar-refractivity contribution in [3.63, 3.8) is 0 Å². The lowest BCUT2D eigenvalue weighted by molar-refractivity contribution is -0.138. The zero-order chi connectivity index (χ0) is 17.8. The van der Waals surface area contributed by atoms with Crippen LogP contribution in [0.25, 0.3) is 5.76 Å². The standard InChI is InChI=1S/C18H15N3O3S/c1-2-23-18(22)15-14(11-5-3-7-21-10-11)12(9-19)17(20)24-16(15)13-6-4-8-25-13/h3-8,10,14H,2,20H2,1H3. The molecule has 0 aromatic carbocycles. The first-order valence-electron chi connectivity index (χ1n) is 7.60. The lowest BCUT2D eigenvalue weighted by Crippen LogP contribution is -2.25. The predicted molar refractivity (Wildman–Crippen MR) is 92.8 cm³/mol. The first-order chi connectivity index (χ1) is 12.2. The molecule has 0 amide bonds. The third-order valence-corrected chi connectivity index (χ3v) is 4.55. The molecule has 0 spiro atoms. The first kappa shape index (κ1) is 16.7. The zero-order valence-corrected chi connectivity index (χ0v) is 14.2. The van der Waals surface area contributed by atoms with Gasteiger partial charge in [0.1, 0.15) is 11.6 Å². The van der Waals surface area contributed by atoms with Gasteiger partial charge in [-0.05, 0) is 30.0 Å². The molecule has 0 bridgehead atoms. The van der Waals surface area contributed by atoms with E-state index in [2.05, 4.69) is 11.1 Å². The number of carbonyl (C=O) groups is 1. The molecule has 2 N–H and O–H groups in total. The summed E-state index contributed by atoms with van der Waals surface area (Å²) in [5.41, 5.74) is 7.07. The van der Waals surface area contributed by atoms with Gasteiger partial charge in [-0.25, -0.2) is 4.79 Å². The summed E-state index contributed by atoms with van der Waals surface area (Å²) >= 11 is 1.41. The number of pyridine rings is 1. The number of hydrogen-bond donors (Lipinski definition) is 1.